The van der Waals surface area contributed by atoms with Gasteiger partial charge < -0.3 is 5.73 Å². The smallest absolute Gasteiger partial charge is 0.142 e. The van der Waals surface area contributed by atoms with Gasteiger partial charge in [-0.05, 0) is 41.4 Å². The maximum absolute atomic E-state index is 13.3. The Bertz CT molecular complexity index is 297. The summed E-state index contributed by atoms with van der Waals surface area (Å²) in [4.78, 5) is 0. The van der Waals surface area contributed by atoms with Gasteiger partial charge in [-0.15, -0.1) is 0 Å². The fourth-order valence-electron chi connectivity index (χ4n) is 1.08. The molecule has 1 atom stereocenters. The van der Waals surface area contributed by atoms with Crippen LogP contribution in [0.15, 0.2) is 16.6 Å². The first-order valence-corrected chi connectivity index (χ1v) is 4.53. The molecule has 1 unspecified atom stereocenters. The average molecular weight is 232 g/mol. The van der Waals surface area contributed by atoms with E-state index in [1.807, 2.05) is 6.92 Å². The van der Waals surface area contributed by atoms with Crippen molar-refractivity contribution >= 4 is 15.9 Å². The molecule has 2 N–H and O–H groups in total. The highest BCUT2D eigenvalue weighted by Crippen LogP contribution is 2.24. The molecular weight excluding hydrogens is 221 g/mol. The van der Waals surface area contributed by atoms with Crippen LogP contribution in [0, 0.1) is 12.7 Å². The topological polar surface area (TPSA) is 26.0 Å². The Labute approximate surface area is 79.9 Å². The van der Waals surface area contributed by atoms with Crippen LogP contribution in [0.1, 0.15) is 24.1 Å². The second kappa shape index (κ2) is 3.54. The lowest BCUT2D eigenvalue weighted by Crippen LogP contribution is -2.08. The van der Waals surface area contributed by atoms with E-state index in [9.17, 15) is 4.39 Å². The van der Waals surface area contributed by atoms with Crippen molar-refractivity contribution in [2.24, 2.45) is 5.73 Å². The molecule has 0 amide bonds. The molecule has 0 aliphatic rings. The van der Waals surface area contributed by atoms with Crippen molar-refractivity contribution in [2.45, 2.75) is 19.9 Å². The normalized spacial score (nSPS) is 13.1. The van der Waals surface area contributed by atoms with Crippen molar-refractivity contribution in [2.75, 3.05) is 0 Å². The molecule has 1 nitrogen and oxygen atoms in total. The first-order valence-electron chi connectivity index (χ1n) is 3.73. The molecule has 0 aliphatic carbocycles. The van der Waals surface area contributed by atoms with Crippen LogP contribution in [0.2, 0.25) is 0 Å². The lowest BCUT2D eigenvalue weighted by molar-refractivity contribution is 0.587. The molecule has 0 fully saturated rings. The molecule has 3 heteroatoms. The van der Waals surface area contributed by atoms with Gasteiger partial charge >= 0.3 is 0 Å². The average Bonchev–Trinajstić information content (AvgIpc) is 1.96. The van der Waals surface area contributed by atoms with Crippen LogP contribution in [-0.4, -0.2) is 0 Å². The van der Waals surface area contributed by atoms with E-state index in [4.69, 9.17) is 5.73 Å². The predicted molar refractivity (Wildman–Crippen MR) is 51.4 cm³/mol. The first kappa shape index (κ1) is 9.68. The quantitative estimate of drug-likeness (QED) is 0.791. The molecule has 0 bridgehead atoms. The number of aryl methyl sites for hydroxylation is 1. The Morgan fingerprint density at radius 1 is 1.50 bits per heavy atom. The Morgan fingerprint density at radius 3 is 2.58 bits per heavy atom. The third kappa shape index (κ3) is 1.84. The number of hydrogen-bond acceptors (Lipinski definition) is 1. The molecule has 1 aromatic carbocycles. The standard InChI is InChI=1S/C9H11BrFN/c1-5-3-7(6(2)12)9(11)8(10)4-5/h3-4,6H,12H2,1-2H3. The van der Waals surface area contributed by atoms with E-state index in [0.717, 1.165) is 5.56 Å². The highest BCUT2D eigenvalue weighted by atomic mass is 79.9. The van der Waals surface area contributed by atoms with Crippen LogP contribution in [-0.2, 0) is 0 Å². The molecule has 1 rings (SSSR count). The van der Waals surface area contributed by atoms with Gasteiger partial charge in [-0.1, -0.05) is 6.07 Å². The number of hydrogen-bond donors (Lipinski definition) is 1. The number of halogens is 2. The summed E-state index contributed by atoms with van der Waals surface area (Å²) >= 11 is 3.13. The highest BCUT2D eigenvalue weighted by molar-refractivity contribution is 9.10. The minimum atomic E-state index is -0.263. The summed E-state index contributed by atoms with van der Waals surface area (Å²) < 4.78 is 13.8. The highest BCUT2D eigenvalue weighted by Gasteiger charge is 2.10. The van der Waals surface area contributed by atoms with Gasteiger partial charge in [0.05, 0.1) is 4.47 Å². The van der Waals surface area contributed by atoms with Crippen LogP contribution in [0.3, 0.4) is 0 Å². The van der Waals surface area contributed by atoms with Crippen molar-refractivity contribution in [1.82, 2.24) is 0 Å². The van der Waals surface area contributed by atoms with Crippen molar-refractivity contribution < 1.29 is 4.39 Å². The summed E-state index contributed by atoms with van der Waals surface area (Å²) in [5, 5.41) is 0. The van der Waals surface area contributed by atoms with Crippen LogP contribution in [0.25, 0.3) is 0 Å². The maximum atomic E-state index is 13.3. The molecule has 0 heterocycles. The zero-order valence-electron chi connectivity index (χ0n) is 7.07. The summed E-state index contributed by atoms with van der Waals surface area (Å²) in [6.45, 7) is 3.68. The summed E-state index contributed by atoms with van der Waals surface area (Å²) in [5.41, 5.74) is 7.16. The molecule has 0 saturated carbocycles. The Hall–Kier alpha value is -0.410. The van der Waals surface area contributed by atoms with E-state index >= 15 is 0 Å². The lowest BCUT2D eigenvalue weighted by atomic mass is 10.1. The lowest BCUT2D eigenvalue weighted by Gasteiger charge is -2.09. The predicted octanol–water partition coefficient (Wildman–Crippen LogP) is 2.92. The fraction of sp³-hybridized carbons (Fsp3) is 0.333. The van der Waals surface area contributed by atoms with Gasteiger partial charge in [-0.3, -0.25) is 0 Å². The Balaban J connectivity index is 3.28. The summed E-state index contributed by atoms with van der Waals surface area (Å²) in [6.07, 6.45) is 0. The fourth-order valence-corrected chi connectivity index (χ4v) is 1.67. The largest absolute Gasteiger partial charge is 0.324 e. The molecule has 66 valence electrons. The molecule has 0 spiro atoms. The van der Waals surface area contributed by atoms with Gasteiger partial charge in [0, 0.05) is 11.6 Å². The van der Waals surface area contributed by atoms with Crippen LogP contribution < -0.4 is 5.73 Å². The summed E-state index contributed by atoms with van der Waals surface area (Å²) in [5.74, 6) is -0.254. The number of rotatable bonds is 1. The third-order valence-corrected chi connectivity index (χ3v) is 2.27. The van der Waals surface area contributed by atoms with E-state index < -0.39 is 0 Å². The summed E-state index contributed by atoms with van der Waals surface area (Å²) in [7, 11) is 0. The Kier molecular flexibility index (Phi) is 2.85. The van der Waals surface area contributed by atoms with E-state index in [0.29, 0.717) is 10.0 Å². The second-order valence-corrected chi connectivity index (χ2v) is 3.79. The van der Waals surface area contributed by atoms with E-state index in [1.54, 1.807) is 19.1 Å². The van der Waals surface area contributed by atoms with Crippen molar-refractivity contribution in [3.05, 3.63) is 33.5 Å². The molecule has 0 radical (unpaired) electrons. The SMILES string of the molecule is Cc1cc(Br)c(F)c(C(C)N)c1. The number of benzene rings is 1. The monoisotopic (exact) mass is 231 g/mol. The second-order valence-electron chi connectivity index (χ2n) is 2.94. The summed E-state index contributed by atoms with van der Waals surface area (Å²) in [6, 6.07) is 3.24. The van der Waals surface area contributed by atoms with Crippen LogP contribution in [0.5, 0.6) is 0 Å². The van der Waals surface area contributed by atoms with Gasteiger partial charge in [-0.25, -0.2) is 4.39 Å². The Morgan fingerprint density at radius 2 is 2.08 bits per heavy atom. The van der Waals surface area contributed by atoms with Crippen LogP contribution >= 0.6 is 15.9 Å². The zero-order chi connectivity index (χ0) is 9.30. The van der Waals surface area contributed by atoms with Gasteiger partial charge in [0.25, 0.3) is 0 Å². The minimum Gasteiger partial charge on any atom is -0.324 e. The third-order valence-electron chi connectivity index (χ3n) is 1.69. The zero-order valence-corrected chi connectivity index (χ0v) is 8.65. The first-order chi connectivity index (χ1) is 5.52. The molecule has 0 saturated heterocycles. The van der Waals surface area contributed by atoms with E-state index in [1.165, 1.54) is 0 Å². The van der Waals surface area contributed by atoms with E-state index in [-0.39, 0.29) is 11.9 Å². The molecule has 0 aromatic heterocycles. The van der Waals surface area contributed by atoms with Gasteiger partial charge in [0.2, 0.25) is 0 Å². The maximum Gasteiger partial charge on any atom is 0.142 e. The van der Waals surface area contributed by atoms with Gasteiger partial charge in [0.1, 0.15) is 5.82 Å². The van der Waals surface area contributed by atoms with Gasteiger partial charge in [-0.2, -0.15) is 0 Å². The van der Waals surface area contributed by atoms with E-state index in [2.05, 4.69) is 15.9 Å². The molecule has 0 aliphatic heterocycles. The van der Waals surface area contributed by atoms with Crippen LogP contribution in [0.4, 0.5) is 4.39 Å². The van der Waals surface area contributed by atoms with Crippen molar-refractivity contribution in [3.63, 3.8) is 0 Å². The van der Waals surface area contributed by atoms with Crippen molar-refractivity contribution in [1.29, 1.82) is 0 Å². The molecule has 12 heavy (non-hydrogen) atoms. The molecular formula is C9H11BrFN. The van der Waals surface area contributed by atoms with Crippen molar-refractivity contribution in [3.8, 4) is 0 Å². The number of nitrogens with two attached hydrogens (primary N) is 1. The minimum absolute atomic E-state index is 0.254. The molecule has 1 aromatic rings. The van der Waals surface area contributed by atoms with Gasteiger partial charge in [0.15, 0.2) is 0 Å².